The maximum Gasteiger partial charge on any atom is 0.310 e. The number of rotatable bonds is 18. The van der Waals surface area contributed by atoms with Crippen LogP contribution in [0, 0.1) is 12.8 Å². The smallest absolute Gasteiger partial charge is 0.310 e. The van der Waals surface area contributed by atoms with Gasteiger partial charge in [-0.2, -0.15) is 0 Å². The van der Waals surface area contributed by atoms with Crippen molar-refractivity contribution in [2.75, 3.05) is 6.61 Å². The summed E-state index contributed by atoms with van der Waals surface area (Å²) in [4.78, 5) is 12.3. The van der Waals surface area contributed by atoms with Crippen LogP contribution in [0.1, 0.15) is 115 Å². The molecule has 0 amide bonds. The monoisotopic (exact) mass is 402 g/mol. The van der Waals surface area contributed by atoms with E-state index in [1.54, 1.807) is 0 Å². The predicted molar refractivity (Wildman–Crippen MR) is 125 cm³/mol. The molecule has 0 aliphatic rings. The van der Waals surface area contributed by atoms with E-state index in [9.17, 15) is 4.79 Å². The Morgan fingerprint density at radius 2 is 1.38 bits per heavy atom. The van der Waals surface area contributed by atoms with E-state index in [1.807, 2.05) is 12.1 Å². The molecule has 0 N–H and O–H groups in total. The predicted octanol–water partition coefficient (Wildman–Crippen LogP) is 8.20. The molecule has 29 heavy (non-hydrogen) atoms. The Balaban J connectivity index is 2.32. The lowest BCUT2D eigenvalue weighted by molar-refractivity contribution is -0.144. The number of carbonyl (C=O) groups excluding carboxylic acids is 1. The summed E-state index contributed by atoms with van der Waals surface area (Å²) in [7, 11) is 0. The number of hydrogen-bond acceptors (Lipinski definition) is 2. The third-order valence-corrected chi connectivity index (χ3v) is 5.84. The quantitative estimate of drug-likeness (QED) is 0.183. The summed E-state index contributed by atoms with van der Waals surface area (Å²) in [6.07, 6.45) is 18.8. The fourth-order valence-electron chi connectivity index (χ4n) is 3.99. The van der Waals surface area contributed by atoms with Gasteiger partial charge in [0.05, 0.1) is 13.0 Å². The van der Waals surface area contributed by atoms with Crippen LogP contribution in [-0.4, -0.2) is 12.6 Å². The third kappa shape index (κ3) is 14.3. The first kappa shape index (κ1) is 25.7. The number of carbonyl (C=O) groups is 1. The van der Waals surface area contributed by atoms with Crippen LogP contribution in [0.4, 0.5) is 0 Å². The van der Waals surface area contributed by atoms with Gasteiger partial charge in [-0.25, -0.2) is 0 Å². The minimum Gasteiger partial charge on any atom is -0.465 e. The second-order valence-corrected chi connectivity index (χ2v) is 8.83. The van der Waals surface area contributed by atoms with Gasteiger partial charge in [0.1, 0.15) is 0 Å². The fraction of sp³-hybridized carbons (Fsp3) is 0.741. The SMILES string of the molecule is CCCCCCCCCC(CCCCCCC)COC(=O)Cc1cccc(C)c1. The number of esters is 1. The molecule has 0 radical (unpaired) electrons. The highest BCUT2D eigenvalue weighted by Gasteiger charge is 2.13. The van der Waals surface area contributed by atoms with E-state index in [4.69, 9.17) is 4.74 Å². The first-order valence-electron chi connectivity index (χ1n) is 12.4. The van der Waals surface area contributed by atoms with Crippen LogP contribution < -0.4 is 0 Å². The van der Waals surface area contributed by atoms with Crippen LogP contribution in [0.15, 0.2) is 24.3 Å². The van der Waals surface area contributed by atoms with Gasteiger partial charge in [-0.05, 0) is 31.2 Å². The summed E-state index contributed by atoms with van der Waals surface area (Å²) in [5.74, 6) is 0.458. The highest BCUT2D eigenvalue weighted by atomic mass is 16.5. The maximum absolute atomic E-state index is 12.3. The number of benzene rings is 1. The molecule has 0 aliphatic carbocycles. The Bertz CT molecular complexity index is 523. The van der Waals surface area contributed by atoms with Gasteiger partial charge < -0.3 is 4.74 Å². The molecule has 2 heteroatoms. The molecule has 1 atom stereocenters. The number of aryl methyl sites for hydroxylation is 1. The van der Waals surface area contributed by atoms with E-state index in [0.717, 1.165) is 5.56 Å². The average Bonchev–Trinajstić information content (AvgIpc) is 2.70. The van der Waals surface area contributed by atoms with Crippen molar-refractivity contribution in [2.24, 2.45) is 5.92 Å². The molecule has 0 saturated heterocycles. The molecule has 2 nitrogen and oxygen atoms in total. The minimum absolute atomic E-state index is 0.0776. The molecule has 0 fully saturated rings. The van der Waals surface area contributed by atoms with Crippen molar-refractivity contribution in [3.05, 3.63) is 35.4 Å². The average molecular weight is 403 g/mol. The lowest BCUT2D eigenvalue weighted by Crippen LogP contribution is -2.16. The summed E-state index contributed by atoms with van der Waals surface area (Å²) < 4.78 is 5.70. The van der Waals surface area contributed by atoms with Crippen LogP contribution in [0.25, 0.3) is 0 Å². The molecule has 0 aliphatic heterocycles. The van der Waals surface area contributed by atoms with Crippen LogP contribution in [-0.2, 0) is 16.0 Å². The minimum atomic E-state index is -0.0776. The summed E-state index contributed by atoms with van der Waals surface area (Å²) in [5, 5.41) is 0. The van der Waals surface area contributed by atoms with Crippen molar-refractivity contribution >= 4 is 5.97 Å². The van der Waals surface area contributed by atoms with Crippen LogP contribution in [0.2, 0.25) is 0 Å². The lowest BCUT2D eigenvalue weighted by Gasteiger charge is -2.17. The fourth-order valence-corrected chi connectivity index (χ4v) is 3.99. The summed E-state index contributed by atoms with van der Waals surface area (Å²) in [6.45, 7) is 7.20. The molecule has 0 spiro atoms. The van der Waals surface area contributed by atoms with Crippen LogP contribution in [0.5, 0.6) is 0 Å². The Morgan fingerprint density at radius 3 is 1.93 bits per heavy atom. The van der Waals surface area contributed by atoms with Gasteiger partial charge in [0.2, 0.25) is 0 Å². The first-order chi connectivity index (χ1) is 14.2. The Hall–Kier alpha value is -1.31. The van der Waals surface area contributed by atoms with E-state index in [0.29, 0.717) is 18.9 Å². The van der Waals surface area contributed by atoms with Gasteiger partial charge in [0.15, 0.2) is 0 Å². The van der Waals surface area contributed by atoms with Gasteiger partial charge in [0.25, 0.3) is 0 Å². The Kier molecular flexibility index (Phi) is 15.6. The highest BCUT2D eigenvalue weighted by Crippen LogP contribution is 2.20. The molecule has 0 aromatic heterocycles. The molecule has 0 heterocycles. The molecular formula is C27H46O2. The van der Waals surface area contributed by atoms with Crippen molar-refractivity contribution in [2.45, 2.75) is 117 Å². The van der Waals surface area contributed by atoms with Gasteiger partial charge in [-0.1, -0.05) is 121 Å². The van der Waals surface area contributed by atoms with Gasteiger partial charge in [-0.15, -0.1) is 0 Å². The van der Waals surface area contributed by atoms with Gasteiger partial charge >= 0.3 is 5.97 Å². The zero-order valence-corrected chi connectivity index (χ0v) is 19.5. The largest absolute Gasteiger partial charge is 0.465 e. The summed E-state index contributed by atoms with van der Waals surface area (Å²) >= 11 is 0. The zero-order valence-electron chi connectivity index (χ0n) is 19.5. The van der Waals surface area contributed by atoms with Crippen molar-refractivity contribution in [3.63, 3.8) is 0 Å². The molecule has 0 bridgehead atoms. The van der Waals surface area contributed by atoms with Gasteiger partial charge in [0, 0.05) is 0 Å². The molecule has 1 aromatic rings. The van der Waals surface area contributed by atoms with Crippen molar-refractivity contribution < 1.29 is 9.53 Å². The topological polar surface area (TPSA) is 26.3 Å². The number of hydrogen-bond donors (Lipinski definition) is 0. The van der Waals surface area contributed by atoms with E-state index in [2.05, 4.69) is 32.9 Å². The second-order valence-electron chi connectivity index (χ2n) is 8.83. The van der Waals surface area contributed by atoms with E-state index < -0.39 is 0 Å². The molecule has 0 saturated carbocycles. The molecule has 1 aromatic carbocycles. The third-order valence-electron chi connectivity index (χ3n) is 5.84. The normalized spacial score (nSPS) is 12.1. The number of ether oxygens (including phenoxy) is 1. The molecule has 1 rings (SSSR count). The lowest BCUT2D eigenvalue weighted by atomic mass is 9.95. The van der Waals surface area contributed by atoms with E-state index >= 15 is 0 Å². The summed E-state index contributed by atoms with van der Waals surface area (Å²) in [6, 6.07) is 8.16. The first-order valence-corrected chi connectivity index (χ1v) is 12.4. The van der Waals surface area contributed by atoms with Crippen LogP contribution >= 0.6 is 0 Å². The summed E-state index contributed by atoms with van der Waals surface area (Å²) in [5.41, 5.74) is 2.25. The Labute approximate surface area is 180 Å². The molecule has 166 valence electrons. The van der Waals surface area contributed by atoms with E-state index in [-0.39, 0.29) is 5.97 Å². The van der Waals surface area contributed by atoms with Crippen LogP contribution in [0.3, 0.4) is 0 Å². The maximum atomic E-state index is 12.3. The van der Waals surface area contributed by atoms with Crippen molar-refractivity contribution in [3.8, 4) is 0 Å². The molecule has 1 unspecified atom stereocenters. The zero-order chi connectivity index (χ0) is 21.2. The standard InChI is InChI=1S/C27H46O2/c1-4-6-8-10-11-13-15-19-25(18-14-12-9-7-5-2)23-29-27(28)22-26-20-16-17-24(3)21-26/h16-17,20-21,25H,4-15,18-19,22-23H2,1-3H3. The Morgan fingerprint density at radius 1 is 0.828 bits per heavy atom. The highest BCUT2D eigenvalue weighted by molar-refractivity contribution is 5.72. The van der Waals surface area contributed by atoms with E-state index in [1.165, 1.54) is 95.5 Å². The van der Waals surface area contributed by atoms with Crippen molar-refractivity contribution in [1.29, 1.82) is 0 Å². The second kappa shape index (κ2) is 17.5. The molecular weight excluding hydrogens is 356 g/mol. The van der Waals surface area contributed by atoms with Gasteiger partial charge in [-0.3, -0.25) is 4.79 Å². The number of unbranched alkanes of at least 4 members (excludes halogenated alkanes) is 10. The van der Waals surface area contributed by atoms with Crippen molar-refractivity contribution in [1.82, 2.24) is 0 Å².